The van der Waals surface area contributed by atoms with Crippen LogP contribution in [0.15, 0.2) is 27.6 Å². The van der Waals surface area contributed by atoms with Crippen LogP contribution in [0, 0.1) is 11.7 Å². The normalized spacial score (nSPS) is 19.8. The third-order valence-corrected chi connectivity index (χ3v) is 5.31. The molecule has 4 nitrogen and oxygen atoms in total. The van der Waals surface area contributed by atoms with E-state index >= 15 is 0 Å². The molecule has 1 aliphatic rings. The Labute approximate surface area is 121 Å². The van der Waals surface area contributed by atoms with E-state index in [0.717, 1.165) is 32.0 Å². The van der Waals surface area contributed by atoms with Crippen LogP contribution in [0.4, 0.5) is 4.39 Å². The Balaban J connectivity index is 1.95. The average molecular weight is 351 g/mol. The first-order valence-electron chi connectivity index (χ1n) is 6.14. The van der Waals surface area contributed by atoms with E-state index in [1.54, 1.807) is 0 Å². The number of nitrogens with one attached hydrogen (secondary N) is 2. The summed E-state index contributed by atoms with van der Waals surface area (Å²) in [5.41, 5.74) is 0. The zero-order valence-corrected chi connectivity index (χ0v) is 12.7. The van der Waals surface area contributed by atoms with Gasteiger partial charge in [0.1, 0.15) is 5.82 Å². The van der Waals surface area contributed by atoms with Crippen LogP contribution in [0.3, 0.4) is 0 Å². The number of hydrogen-bond donors (Lipinski definition) is 2. The van der Waals surface area contributed by atoms with Crippen LogP contribution < -0.4 is 10.0 Å². The second-order valence-corrected chi connectivity index (χ2v) is 7.24. The molecule has 106 valence electrons. The standard InChI is InChI=1S/C12H16BrFN2O2S/c13-11-2-1-10(7-12(11)14)19(17,18)16-6-4-9-3-5-15-8-9/h1-2,7,9,15-16H,3-6,8H2. The van der Waals surface area contributed by atoms with Gasteiger partial charge in [-0.2, -0.15) is 0 Å². The van der Waals surface area contributed by atoms with Crippen molar-refractivity contribution in [3.05, 3.63) is 28.5 Å². The van der Waals surface area contributed by atoms with Crippen molar-refractivity contribution in [2.75, 3.05) is 19.6 Å². The van der Waals surface area contributed by atoms with Gasteiger partial charge in [0.05, 0.1) is 9.37 Å². The Bertz CT molecular complexity index is 545. The number of rotatable bonds is 5. The van der Waals surface area contributed by atoms with Gasteiger partial charge < -0.3 is 5.32 Å². The average Bonchev–Trinajstić information content (AvgIpc) is 2.85. The topological polar surface area (TPSA) is 58.2 Å². The highest BCUT2D eigenvalue weighted by molar-refractivity contribution is 9.10. The third-order valence-electron chi connectivity index (χ3n) is 3.21. The minimum Gasteiger partial charge on any atom is -0.316 e. The zero-order valence-electron chi connectivity index (χ0n) is 10.3. The molecular formula is C12H16BrFN2O2S. The molecule has 1 aromatic rings. The first-order valence-corrected chi connectivity index (χ1v) is 8.42. The fourth-order valence-corrected chi connectivity index (χ4v) is 3.39. The summed E-state index contributed by atoms with van der Waals surface area (Å²) in [5.74, 6) is -0.0628. The number of hydrogen-bond acceptors (Lipinski definition) is 3. The van der Waals surface area contributed by atoms with E-state index in [-0.39, 0.29) is 9.37 Å². The van der Waals surface area contributed by atoms with Crippen molar-refractivity contribution in [3.63, 3.8) is 0 Å². The number of halogens is 2. The van der Waals surface area contributed by atoms with Gasteiger partial charge in [-0.25, -0.2) is 17.5 Å². The van der Waals surface area contributed by atoms with Crippen molar-refractivity contribution in [2.45, 2.75) is 17.7 Å². The van der Waals surface area contributed by atoms with Gasteiger partial charge in [0, 0.05) is 6.54 Å². The lowest BCUT2D eigenvalue weighted by Crippen LogP contribution is -2.26. The molecule has 1 unspecified atom stereocenters. The second kappa shape index (κ2) is 6.30. The van der Waals surface area contributed by atoms with Gasteiger partial charge in [0.2, 0.25) is 10.0 Å². The highest BCUT2D eigenvalue weighted by atomic mass is 79.9. The molecule has 0 saturated carbocycles. The van der Waals surface area contributed by atoms with Crippen LogP contribution in [-0.4, -0.2) is 28.1 Å². The maximum atomic E-state index is 13.3. The van der Waals surface area contributed by atoms with E-state index in [0.29, 0.717) is 12.5 Å². The smallest absolute Gasteiger partial charge is 0.240 e. The predicted octanol–water partition coefficient (Wildman–Crippen LogP) is 1.87. The molecule has 1 saturated heterocycles. The summed E-state index contributed by atoms with van der Waals surface area (Å²) < 4.78 is 40.0. The lowest BCUT2D eigenvalue weighted by molar-refractivity contribution is 0.519. The highest BCUT2D eigenvalue weighted by Gasteiger charge is 2.18. The largest absolute Gasteiger partial charge is 0.316 e. The van der Waals surface area contributed by atoms with E-state index in [4.69, 9.17) is 0 Å². The summed E-state index contributed by atoms with van der Waals surface area (Å²) in [7, 11) is -3.62. The third kappa shape index (κ3) is 3.98. The van der Waals surface area contributed by atoms with Crippen molar-refractivity contribution in [3.8, 4) is 0 Å². The van der Waals surface area contributed by atoms with Gasteiger partial charge in [-0.05, 0) is 66.0 Å². The summed E-state index contributed by atoms with van der Waals surface area (Å²) in [6.45, 7) is 2.32. The number of sulfonamides is 1. The monoisotopic (exact) mass is 350 g/mol. The highest BCUT2D eigenvalue weighted by Crippen LogP contribution is 2.19. The Kier molecular flexibility index (Phi) is 4.94. The van der Waals surface area contributed by atoms with Crippen LogP contribution in [0.2, 0.25) is 0 Å². The van der Waals surface area contributed by atoms with Crippen LogP contribution in [0.1, 0.15) is 12.8 Å². The van der Waals surface area contributed by atoms with Crippen molar-refractivity contribution in [1.82, 2.24) is 10.0 Å². The van der Waals surface area contributed by atoms with Gasteiger partial charge in [0.25, 0.3) is 0 Å². The summed E-state index contributed by atoms with van der Waals surface area (Å²) in [4.78, 5) is -0.0438. The minimum absolute atomic E-state index is 0.0438. The Morgan fingerprint density at radius 1 is 1.47 bits per heavy atom. The molecule has 2 N–H and O–H groups in total. The van der Waals surface area contributed by atoms with Crippen LogP contribution >= 0.6 is 15.9 Å². The lowest BCUT2D eigenvalue weighted by Gasteiger charge is -2.10. The molecule has 0 bridgehead atoms. The van der Waals surface area contributed by atoms with Gasteiger partial charge in [-0.3, -0.25) is 0 Å². The Hall–Kier alpha value is -0.500. The molecule has 0 amide bonds. The van der Waals surface area contributed by atoms with E-state index < -0.39 is 15.8 Å². The number of benzene rings is 1. The molecule has 1 heterocycles. The SMILES string of the molecule is O=S(=O)(NCCC1CCNC1)c1ccc(Br)c(F)c1. The van der Waals surface area contributed by atoms with Gasteiger partial charge in [0.15, 0.2) is 0 Å². The van der Waals surface area contributed by atoms with E-state index in [1.807, 2.05) is 0 Å². The van der Waals surface area contributed by atoms with Gasteiger partial charge in [-0.15, -0.1) is 0 Å². The fourth-order valence-electron chi connectivity index (χ4n) is 2.09. The molecule has 1 aromatic carbocycles. The first-order chi connectivity index (χ1) is 8.99. The molecule has 0 aromatic heterocycles. The quantitative estimate of drug-likeness (QED) is 0.852. The minimum atomic E-state index is -3.62. The molecule has 1 fully saturated rings. The maximum Gasteiger partial charge on any atom is 0.240 e. The van der Waals surface area contributed by atoms with E-state index in [9.17, 15) is 12.8 Å². The van der Waals surface area contributed by atoms with Crippen molar-refractivity contribution < 1.29 is 12.8 Å². The summed E-state index contributed by atoms with van der Waals surface area (Å²) in [6, 6.07) is 3.79. The van der Waals surface area contributed by atoms with Gasteiger partial charge in [-0.1, -0.05) is 0 Å². The maximum absolute atomic E-state index is 13.3. The molecule has 0 spiro atoms. The molecule has 2 rings (SSSR count). The summed E-state index contributed by atoms with van der Waals surface area (Å²) in [6.07, 6.45) is 1.87. The van der Waals surface area contributed by atoms with E-state index in [1.165, 1.54) is 12.1 Å². The van der Waals surface area contributed by atoms with Crippen LogP contribution in [0.5, 0.6) is 0 Å². The molecule has 7 heteroatoms. The predicted molar refractivity (Wildman–Crippen MR) is 74.9 cm³/mol. The van der Waals surface area contributed by atoms with Crippen LogP contribution in [-0.2, 0) is 10.0 Å². The molecule has 1 atom stereocenters. The molecule has 19 heavy (non-hydrogen) atoms. The lowest BCUT2D eigenvalue weighted by atomic mass is 10.1. The molecule has 0 aliphatic carbocycles. The second-order valence-electron chi connectivity index (χ2n) is 4.62. The summed E-state index contributed by atoms with van der Waals surface area (Å²) >= 11 is 3.00. The fraction of sp³-hybridized carbons (Fsp3) is 0.500. The first kappa shape index (κ1) is 14.9. The van der Waals surface area contributed by atoms with Gasteiger partial charge >= 0.3 is 0 Å². The van der Waals surface area contributed by atoms with Crippen molar-refractivity contribution in [1.29, 1.82) is 0 Å². The molecular weight excluding hydrogens is 335 g/mol. The van der Waals surface area contributed by atoms with Crippen molar-refractivity contribution >= 4 is 26.0 Å². The van der Waals surface area contributed by atoms with Crippen LogP contribution in [0.25, 0.3) is 0 Å². The van der Waals surface area contributed by atoms with E-state index in [2.05, 4.69) is 26.0 Å². The Morgan fingerprint density at radius 3 is 2.89 bits per heavy atom. The molecule has 1 aliphatic heterocycles. The zero-order chi connectivity index (χ0) is 13.9. The van der Waals surface area contributed by atoms with Crippen molar-refractivity contribution in [2.24, 2.45) is 5.92 Å². The summed E-state index contributed by atoms with van der Waals surface area (Å²) in [5, 5.41) is 3.23. The Morgan fingerprint density at radius 2 is 2.26 bits per heavy atom. The molecule has 0 radical (unpaired) electrons.